The Morgan fingerprint density at radius 1 is 1.00 bits per heavy atom. The maximum atomic E-state index is 11.9. The first kappa shape index (κ1) is 15.8. The zero-order valence-electron chi connectivity index (χ0n) is 14.3. The molecule has 0 amide bonds. The molecule has 0 N–H and O–H groups in total. The summed E-state index contributed by atoms with van der Waals surface area (Å²) in [6, 6.07) is 9.44. The monoisotopic (exact) mass is 340 g/mol. The minimum Gasteiger partial charge on any atom is -0.493 e. The van der Waals surface area contributed by atoms with Gasteiger partial charge in [0.25, 0.3) is 0 Å². The van der Waals surface area contributed by atoms with Gasteiger partial charge >= 0.3 is 5.97 Å². The van der Waals surface area contributed by atoms with Crippen molar-refractivity contribution in [2.45, 2.75) is 19.4 Å². The minimum absolute atomic E-state index is 0.279. The second-order valence-corrected chi connectivity index (χ2v) is 6.34. The molecule has 5 heteroatoms. The third-order valence-corrected chi connectivity index (χ3v) is 4.69. The van der Waals surface area contributed by atoms with Gasteiger partial charge in [-0.25, -0.2) is 4.79 Å². The summed E-state index contributed by atoms with van der Waals surface area (Å²) in [5, 5.41) is 0. The lowest BCUT2D eigenvalue weighted by atomic mass is 9.95. The highest BCUT2D eigenvalue weighted by molar-refractivity contribution is 5.96. The quantitative estimate of drug-likeness (QED) is 0.748. The molecule has 2 aromatic carbocycles. The number of rotatable bonds is 6. The average Bonchev–Trinajstić information content (AvgIpc) is 3.40. The largest absolute Gasteiger partial charge is 0.493 e. The Bertz CT molecular complexity index is 823. The molecule has 1 aliphatic heterocycles. The van der Waals surface area contributed by atoms with Gasteiger partial charge in [-0.3, -0.25) is 0 Å². The molecular formula is C20H20O5. The molecule has 2 aliphatic rings. The second kappa shape index (κ2) is 6.31. The highest BCUT2D eigenvalue weighted by Crippen LogP contribution is 2.47. The van der Waals surface area contributed by atoms with E-state index in [1.807, 2.05) is 24.3 Å². The van der Waals surface area contributed by atoms with Crippen molar-refractivity contribution in [3.05, 3.63) is 41.5 Å². The highest BCUT2D eigenvalue weighted by Gasteiger charge is 2.28. The SMILES string of the molecule is COc1ccc(-c2cccc3c2COC3=O)c(OCC2CC2)c1OC. The molecule has 25 heavy (non-hydrogen) atoms. The minimum atomic E-state index is -0.280. The fourth-order valence-corrected chi connectivity index (χ4v) is 3.14. The summed E-state index contributed by atoms with van der Waals surface area (Å²) in [5.41, 5.74) is 3.31. The average molecular weight is 340 g/mol. The summed E-state index contributed by atoms with van der Waals surface area (Å²) < 4.78 is 22.3. The van der Waals surface area contributed by atoms with Crippen LogP contribution in [0.3, 0.4) is 0 Å². The molecule has 5 nitrogen and oxygen atoms in total. The molecule has 0 aromatic heterocycles. The van der Waals surface area contributed by atoms with Gasteiger partial charge in [0, 0.05) is 11.1 Å². The number of benzene rings is 2. The van der Waals surface area contributed by atoms with Crippen LogP contribution in [0.4, 0.5) is 0 Å². The molecule has 1 heterocycles. The zero-order valence-corrected chi connectivity index (χ0v) is 14.3. The van der Waals surface area contributed by atoms with Gasteiger partial charge in [0.1, 0.15) is 6.61 Å². The van der Waals surface area contributed by atoms with Crippen LogP contribution in [0.15, 0.2) is 30.3 Å². The lowest BCUT2D eigenvalue weighted by molar-refractivity contribution is 0.0535. The first-order valence-electron chi connectivity index (χ1n) is 8.40. The lowest BCUT2D eigenvalue weighted by Gasteiger charge is -2.18. The smallest absolute Gasteiger partial charge is 0.338 e. The summed E-state index contributed by atoms with van der Waals surface area (Å²) in [5.74, 6) is 2.18. The maximum Gasteiger partial charge on any atom is 0.338 e. The van der Waals surface area contributed by atoms with Crippen molar-refractivity contribution in [1.29, 1.82) is 0 Å². The fourth-order valence-electron chi connectivity index (χ4n) is 3.14. The van der Waals surface area contributed by atoms with Crippen molar-refractivity contribution >= 4 is 5.97 Å². The van der Waals surface area contributed by atoms with E-state index in [4.69, 9.17) is 18.9 Å². The summed E-state index contributed by atoms with van der Waals surface area (Å²) in [6.45, 7) is 0.932. The van der Waals surface area contributed by atoms with E-state index in [0.29, 0.717) is 35.3 Å². The topological polar surface area (TPSA) is 54.0 Å². The predicted octanol–water partition coefficient (Wildman–Crippen LogP) is 3.83. The predicted molar refractivity (Wildman–Crippen MR) is 92.3 cm³/mol. The Hall–Kier alpha value is -2.69. The van der Waals surface area contributed by atoms with Gasteiger partial charge < -0.3 is 18.9 Å². The Morgan fingerprint density at radius 2 is 1.80 bits per heavy atom. The Morgan fingerprint density at radius 3 is 2.52 bits per heavy atom. The molecule has 1 aliphatic carbocycles. The van der Waals surface area contributed by atoms with Gasteiger partial charge in [-0.1, -0.05) is 12.1 Å². The number of carbonyl (C=O) groups excluding carboxylic acids is 1. The number of hydrogen-bond acceptors (Lipinski definition) is 5. The molecule has 130 valence electrons. The third kappa shape index (κ3) is 2.80. The molecule has 4 rings (SSSR count). The van der Waals surface area contributed by atoms with Crippen molar-refractivity contribution < 1.29 is 23.7 Å². The van der Waals surface area contributed by atoms with Crippen LogP contribution in [0.25, 0.3) is 11.1 Å². The molecule has 0 unspecified atom stereocenters. The Kier molecular flexibility index (Phi) is 3.99. The van der Waals surface area contributed by atoms with Gasteiger partial charge in [0.05, 0.1) is 26.4 Å². The number of ether oxygens (including phenoxy) is 4. The molecule has 0 spiro atoms. The second-order valence-electron chi connectivity index (χ2n) is 6.34. The van der Waals surface area contributed by atoms with Crippen molar-refractivity contribution in [2.24, 2.45) is 5.92 Å². The van der Waals surface area contributed by atoms with E-state index in [1.54, 1.807) is 20.3 Å². The van der Waals surface area contributed by atoms with Crippen molar-refractivity contribution in [3.8, 4) is 28.4 Å². The number of carbonyl (C=O) groups is 1. The van der Waals surface area contributed by atoms with E-state index in [0.717, 1.165) is 16.7 Å². The summed E-state index contributed by atoms with van der Waals surface area (Å²) in [4.78, 5) is 11.9. The summed E-state index contributed by atoms with van der Waals surface area (Å²) in [6.07, 6.45) is 2.40. The van der Waals surface area contributed by atoms with Crippen LogP contribution in [0.2, 0.25) is 0 Å². The van der Waals surface area contributed by atoms with Gasteiger partial charge in [0.15, 0.2) is 11.5 Å². The lowest BCUT2D eigenvalue weighted by Crippen LogP contribution is -2.04. The van der Waals surface area contributed by atoms with Crippen LogP contribution in [0.1, 0.15) is 28.8 Å². The number of hydrogen-bond donors (Lipinski definition) is 0. The van der Waals surface area contributed by atoms with E-state index >= 15 is 0 Å². The Balaban J connectivity index is 1.85. The van der Waals surface area contributed by atoms with Crippen LogP contribution in [0, 0.1) is 5.92 Å². The molecule has 0 bridgehead atoms. The first-order chi connectivity index (χ1) is 12.2. The third-order valence-electron chi connectivity index (χ3n) is 4.69. The fraction of sp³-hybridized carbons (Fsp3) is 0.350. The Labute approximate surface area is 146 Å². The van der Waals surface area contributed by atoms with Gasteiger partial charge in [-0.05, 0) is 42.5 Å². The molecule has 0 saturated heterocycles. The van der Waals surface area contributed by atoms with Crippen molar-refractivity contribution in [2.75, 3.05) is 20.8 Å². The maximum absolute atomic E-state index is 11.9. The normalized spacial score (nSPS) is 15.5. The number of fused-ring (bicyclic) bond motifs is 1. The van der Waals surface area contributed by atoms with Crippen LogP contribution >= 0.6 is 0 Å². The van der Waals surface area contributed by atoms with Gasteiger partial charge in [-0.2, -0.15) is 0 Å². The van der Waals surface area contributed by atoms with E-state index in [2.05, 4.69) is 0 Å². The van der Waals surface area contributed by atoms with E-state index in [9.17, 15) is 4.79 Å². The molecule has 0 radical (unpaired) electrons. The number of methoxy groups -OCH3 is 2. The molecule has 0 atom stereocenters. The van der Waals surface area contributed by atoms with Crippen LogP contribution in [0.5, 0.6) is 17.2 Å². The summed E-state index contributed by atoms with van der Waals surface area (Å²) >= 11 is 0. The van der Waals surface area contributed by atoms with Crippen molar-refractivity contribution in [3.63, 3.8) is 0 Å². The first-order valence-corrected chi connectivity index (χ1v) is 8.40. The zero-order chi connectivity index (χ0) is 17.4. The van der Waals surface area contributed by atoms with E-state index in [1.165, 1.54) is 12.8 Å². The summed E-state index contributed by atoms with van der Waals surface area (Å²) in [7, 11) is 3.21. The van der Waals surface area contributed by atoms with Gasteiger partial charge in [0.2, 0.25) is 5.75 Å². The van der Waals surface area contributed by atoms with Crippen molar-refractivity contribution in [1.82, 2.24) is 0 Å². The molecule has 1 saturated carbocycles. The van der Waals surface area contributed by atoms with Crippen LogP contribution < -0.4 is 14.2 Å². The molecular weight excluding hydrogens is 320 g/mol. The van der Waals surface area contributed by atoms with E-state index in [-0.39, 0.29) is 12.6 Å². The van der Waals surface area contributed by atoms with Gasteiger partial charge in [-0.15, -0.1) is 0 Å². The van der Waals surface area contributed by atoms with Crippen LogP contribution in [-0.4, -0.2) is 26.8 Å². The highest BCUT2D eigenvalue weighted by atomic mass is 16.5. The number of cyclic esters (lactones) is 1. The standard InChI is InChI=1S/C20H20O5/c1-22-17-9-8-14(18(19(17)23-2)24-10-12-6-7-12)13-4-3-5-15-16(13)11-25-20(15)21/h3-5,8-9,12H,6-7,10-11H2,1-2H3. The van der Waals surface area contributed by atoms with Crippen LogP contribution in [-0.2, 0) is 11.3 Å². The molecule has 1 fully saturated rings. The van der Waals surface area contributed by atoms with E-state index < -0.39 is 0 Å². The molecule has 2 aromatic rings. The number of esters is 1.